The Morgan fingerprint density at radius 2 is 2.03 bits per heavy atom. The Hall–Kier alpha value is -3.68. The molecule has 2 aromatic heterocycles. The number of carbonyl (C=O) groups excluding carboxylic acids is 1. The monoisotopic (exact) mass is 427 g/mol. The Bertz CT molecular complexity index is 1210. The number of benzene rings is 1. The van der Waals surface area contributed by atoms with E-state index in [2.05, 4.69) is 21.9 Å². The van der Waals surface area contributed by atoms with Crippen molar-refractivity contribution in [3.63, 3.8) is 0 Å². The van der Waals surface area contributed by atoms with Crippen LogP contribution >= 0.6 is 0 Å². The molecule has 0 spiro atoms. The van der Waals surface area contributed by atoms with E-state index in [0.717, 1.165) is 12.1 Å². The van der Waals surface area contributed by atoms with Gasteiger partial charge in [0.2, 0.25) is 0 Å². The van der Waals surface area contributed by atoms with Gasteiger partial charge in [-0.3, -0.25) is 14.6 Å². The Morgan fingerprint density at radius 1 is 1.26 bits per heavy atom. The zero-order valence-electron chi connectivity index (χ0n) is 16.7. The van der Waals surface area contributed by atoms with Crippen molar-refractivity contribution in [2.45, 2.75) is 26.1 Å². The lowest BCUT2D eigenvalue weighted by molar-refractivity contribution is -0.136. The van der Waals surface area contributed by atoms with Gasteiger partial charge in [0.1, 0.15) is 5.69 Å². The molecule has 5 nitrogen and oxygen atoms in total. The molecule has 0 radical (unpaired) electrons. The van der Waals surface area contributed by atoms with Crippen molar-refractivity contribution in [2.75, 3.05) is 0 Å². The van der Waals surface area contributed by atoms with Crippen molar-refractivity contribution >= 4 is 22.4 Å². The summed E-state index contributed by atoms with van der Waals surface area (Å²) in [5.41, 5.74) is -1.13. The summed E-state index contributed by atoms with van der Waals surface area (Å²) < 4.78 is 41.4. The molecule has 0 saturated carbocycles. The van der Waals surface area contributed by atoms with E-state index in [-0.39, 0.29) is 23.2 Å². The second kappa shape index (κ2) is 8.99. The van der Waals surface area contributed by atoms with E-state index < -0.39 is 28.6 Å². The number of nitrogens with zero attached hydrogens (tertiary/aromatic N) is 1. The molecule has 0 atom stereocenters. The molecule has 3 aromatic rings. The summed E-state index contributed by atoms with van der Waals surface area (Å²) in [6.07, 6.45) is 0.572. The van der Waals surface area contributed by atoms with Crippen molar-refractivity contribution in [3.05, 3.63) is 94.1 Å². The molecular formula is C23H20F3N3O2. The predicted molar refractivity (Wildman–Crippen MR) is 113 cm³/mol. The SMILES string of the molecule is C=C/C(=C\CC)c1cc(C(F)(F)F)c2[nH]c(C(=O)NCc3ccccn3)cc(=O)c2c1. The number of hydrogen-bond donors (Lipinski definition) is 2. The first-order chi connectivity index (χ1) is 14.7. The van der Waals surface area contributed by atoms with Crippen molar-refractivity contribution in [1.29, 1.82) is 0 Å². The van der Waals surface area contributed by atoms with E-state index in [1.54, 1.807) is 30.5 Å². The third kappa shape index (κ3) is 4.91. The molecular weight excluding hydrogens is 407 g/mol. The first-order valence-electron chi connectivity index (χ1n) is 9.54. The van der Waals surface area contributed by atoms with Crippen LogP contribution in [-0.4, -0.2) is 15.9 Å². The van der Waals surface area contributed by atoms with E-state index in [1.165, 1.54) is 12.1 Å². The number of alkyl halides is 3. The van der Waals surface area contributed by atoms with E-state index >= 15 is 0 Å². The summed E-state index contributed by atoms with van der Waals surface area (Å²) in [6.45, 7) is 5.55. The standard InChI is InChI=1S/C23H20F3N3O2/c1-3-7-14(4-2)15-10-17-20(30)12-19(29-21(17)18(11-15)23(24,25)26)22(31)28-13-16-8-5-6-9-27-16/h4-12H,2-3,13H2,1H3,(H,28,31)(H,29,30)/b14-7+. The fourth-order valence-electron chi connectivity index (χ4n) is 3.17. The topological polar surface area (TPSA) is 74.8 Å². The molecule has 1 aromatic carbocycles. The van der Waals surface area contributed by atoms with Gasteiger partial charge < -0.3 is 10.3 Å². The lowest BCUT2D eigenvalue weighted by Gasteiger charge is -2.15. The number of fused-ring (bicyclic) bond motifs is 1. The molecule has 31 heavy (non-hydrogen) atoms. The van der Waals surface area contributed by atoms with Gasteiger partial charge in [-0.25, -0.2) is 0 Å². The summed E-state index contributed by atoms with van der Waals surface area (Å²) in [5, 5.41) is 2.39. The summed E-state index contributed by atoms with van der Waals surface area (Å²) in [4.78, 5) is 31.7. The first-order valence-corrected chi connectivity index (χ1v) is 9.54. The molecule has 0 unspecified atom stereocenters. The number of nitrogens with one attached hydrogen (secondary N) is 2. The molecule has 0 saturated heterocycles. The predicted octanol–water partition coefficient (Wildman–Crippen LogP) is 4.85. The highest BCUT2D eigenvalue weighted by Gasteiger charge is 2.34. The summed E-state index contributed by atoms with van der Waals surface area (Å²) in [5.74, 6) is -0.709. The average Bonchev–Trinajstić information content (AvgIpc) is 2.75. The Morgan fingerprint density at radius 3 is 2.65 bits per heavy atom. The quantitative estimate of drug-likeness (QED) is 0.552. The van der Waals surface area contributed by atoms with Crippen molar-refractivity contribution in [3.8, 4) is 0 Å². The summed E-state index contributed by atoms with van der Waals surface area (Å²) in [6, 6.07) is 8.47. The maximum absolute atomic E-state index is 13.8. The molecule has 160 valence electrons. The van der Waals surface area contributed by atoms with Crippen LogP contribution in [0.1, 0.15) is 40.7 Å². The third-order valence-electron chi connectivity index (χ3n) is 4.62. The summed E-state index contributed by atoms with van der Waals surface area (Å²) in [7, 11) is 0. The Kier molecular flexibility index (Phi) is 6.39. The van der Waals surface area contributed by atoms with Crippen LogP contribution in [0.5, 0.6) is 0 Å². The second-order valence-corrected chi connectivity index (χ2v) is 6.77. The van der Waals surface area contributed by atoms with Gasteiger partial charge >= 0.3 is 6.18 Å². The number of halogens is 3. The smallest absolute Gasteiger partial charge is 0.350 e. The molecule has 0 aliphatic rings. The van der Waals surface area contributed by atoms with Gasteiger partial charge in [0.15, 0.2) is 5.43 Å². The average molecular weight is 427 g/mol. The van der Waals surface area contributed by atoms with Crippen LogP contribution in [0.4, 0.5) is 13.2 Å². The van der Waals surface area contributed by atoms with Gasteiger partial charge in [-0.05, 0) is 41.8 Å². The van der Waals surface area contributed by atoms with Crippen LogP contribution < -0.4 is 10.7 Å². The highest BCUT2D eigenvalue weighted by Crippen LogP contribution is 2.36. The van der Waals surface area contributed by atoms with Crippen molar-refractivity contribution < 1.29 is 18.0 Å². The van der Waals surface area contributed by atoms with Gasteiger partial charge in [-0.15, -0.1) is 0 Å². The fourth-order valence-corrected chi connectivity index (χ4v) is 3.17. The van der Waals surface area contributed by atoms with Gasteiger partial charge in [-0.2, -0.15) is 13.2 Å². The third-order valence-corrected chi connectivity index (χ3v) is 4.62. The van der Waals surface area contributed by atoms with E-state index in [0.29, 0.717) is 17.7 Å². The number of carbonyl (C=O) groups is 1. The van der Waals surface area contributed by atoms with Gasteiger partial charge in [0, 0.05) is 17.6 Å². The van der Waals surface area contributed by atoms with Crippen LogP contribution in [0.25, 0.3) is 16.5 Å². The van der Waals surface area contributed by atoms with Crippen molar-refractivity contribution in [2.24, 2.45) is 0 Å². The molecule has 1 amide bonds. The molecule has 2 N–H and O–H groups in total. The molecule has 8 heteroatoms. The zero-order valence-corrected chi connectivity index (χ0v) is 16.7. The molecule has 2 heterocycles. The maximum Gasteiger partial charge on any atom is 0.418 e. The number of pyridine rings is 2. The number of H-pyrrole nitrogens is 1. The number of allylic oxidation sites excluding steroid dienone is 3. The highest BCUT2D eigenvalue weighted by atomic mass is 19.4. The maximum atomic E-state index is 13.8. The first kappa shape index (κ1) is 22.0. The van der Waals surface area contributed by atoms with Crippen LogP contribution in [-0.2, 0) is 12.7 Å². The van der Waals surface area contributed by atoms with Gasteiger partial charge in [0.05, 0.1) is 23.3 Å². The van der Waals surface area contributed by atoms with Crippen LogP contribution in [0.3, 0.4) is 0 Å². The van der Waals surface area contributed by atoms with E-state index in [9.17, 15) is 22.8 Å². The summed E-state index contributed by atoms with van der Waals surface area (Å²) >= 11 is 0. The lowest BCUT2D eigenvalue weighted by Crippen LogP contribution is -2.26. The minimum atomic E-state index is -4.74. The molecule has 3 rings (SSSR count). The molecule has 0 bridgehead atoms. The van der Waals surface area contributed by atoms with Crippen LogP contribution in [0.15, 0.2) is 66.1 Å². The number of aromatic nitrogens is 2. The number of hydrogen-bond acceptors (Lipinski definition) is 3. The molecule has 0 aliphatic heterocycles. The lowest BCUT2D eigenvalue weighted by atomic mass is 9.98. The number of amides is 1. The van der Waals surface area contributed by atoms with Crippen molar-refractivity contribution in [1.82, 2.24) is 15.3 Å². The molecule has 0 aliphatic carbocycles. The fraction of sp³-hybridized carbons (Fsp3) is 0.174. The number of rotatable bonds is 6. The highest BCUT2D eigenvalue weighted by molar-refractivity contribution is 5.96. The molecule has 0 fully saturated rings. The normalized spacial score (nSPS) is 12.1. The minimum absolute atomic E-state index is 0.0648. The Balaban J connectivity index is 2.09. The Labute approximate surface area is 176 Å². The minimum Gasteiger partial charge on any atom is -0.350 e. The largest absolute Gasteiger partial charge is 0.418 e. The zero-order chi connectivity index (χ0) is 22.6. The van der Waals surface area contributed by atoms with E-state index in [4.69, 9.17) is 0 Å². The number of aromatic amines is 1. The second-order valence-electron chi connectivity index (χ2n) is 6.77. The van der Waals surface area contributed by atoms with Gasteiger partial charge in [0.25, 0.3) is 5.91 Å². The van der Waals surface area contributed by atoms with Gasteiger partial charge in [-0.1, -0.05) is 31.7 Å². The van der Waals surface area contributed by atoms with E-state index in [1.807, 2.05) is 6.92 Å². The van der Waals surface area contributed by atoms with Crippen LogP contribution in [0, 0.1) is 0 Å². The van der Waals surface area contributed by atoms with Crippen LogP contribution in [0.2, 0.25) is 0 Å².